The van der Waals surface area contributed by atoms with Gasteiger partial charge in [-0.3, -0.25) is 10.5 Å². The lowest BCUT2D eigenvalue weighted by molar-refractivity contribution is 0.133. The molecule has 0 aliphatic heterocycles. The number of nitrogens with zero attached hydrogens (tertiary/aromatic N) is 3. The Morgan fingerprint density at radius 2 is 2.17 bits per heavy atom. The Morgan fingerprint density at radius 3 is 2.61 bits per heavy atom. The molecular weight excluding hydrogens is 250 g/mol. The smallest absolute Gasteiger partial charge is 0.0835 e. The third kappa shape index (κ3) is 2.85. The first-order chi connectivity index (χ1) is 8.36. The van der Waals surface area contributed by atoms with Gasteiger partial charge < -0.3 is 4.90 Å². The van der Waals surface area contributed by atoms with Crippen LogP contribution in [0, 0.1) is 0 Å². The first-order valence-corrected chi connectivity index (χ1v) is 6.58. The van der Waals surface area contributed by atoms with Gasteiger partial charge in [0.15, 0.2) is 0 Å². The Morgan fingerprint density at radius 1 is 1.56 bits per heavy atom. The Hall–Kier alpha value is -0.620. The van der Waals surface area contributed by atoms with Crippen molar-refractivity contribution in [1.82, 2.24) is 20.1 Å². The molecule has 18 heavy (non-hydrogen) atoms. The zero-order chi connectivity index (χ0) is 13.9. The van der Waals surface area contributed by atoms with E-state index in [0.717, 1.165) is 18.7 Å². The van der Waals surface area contributed by atoms with E-state index in [9.17, 15) is 0 Å². The zero-order valence-electron chi connectivity index (χ0n) is 11.9. The molecule has 1 aromatic rings. The first-order valence-electron chi connectivity index (χ1n) is 6.21. The summed E-state index contributed by atoms with van der Waals surface area (Å²) in [5.41, 5.74) is 3.65. The molecule has 1 rings (SSSR count). The van der Waals surface area contributed by atoms with Crippen LogP contribution in [0.1, 0.15) is 38.9 Å². The van der Waals surface area contributed by atoms with Crippen LogP contribution in [0.2, 0.25) is 5.02 Å². The van der Waals surface area contributed by atoms with Crippen molar-refractivity contribution < 1.29 is 0 Å². The summed E-state index contributed by atoms with van der Waals surface area (Å²) in [4.78, 5) is 2.12. The first kappa shape index (κ1) is 15.4. The molecule has 6 heteroatoms. The van der Waals surface area contributed by atoms with E-state index in [1.54, 1.807) is 6.20 Å². The largest absolute Gasteiger partial charge is 0.302 e. The van der Waals surface area contributed by atoms with Gasteiger partial charge in [-0.15, -0.1) is 0 Å². The SMILES string of the molecule is CCCn1ncc(Cl)c1C(NN)C(C)(C)N(C)C. The highest BCUT2D eigenvalue weighted by Gasteiger charge is 2.35. The van der Waals surface area contributed by atoms with E-state index < -0.39 is 0 Å². The number of hydrogen-bond donors (Lipinski definition) is 2. The summed E-state index contributed by atoms with van der Waals surface area (Å²) >= 11 is 6.27. The molecule has 0 saturated carbocycles. The van der Waals surface area contributed by atoms with Gasteiger partial charge in [0.2, 0.25) is 0 Å². The van der Waals surface area contributed by atoms with Crippen molar-refractivity contribution in [3.63, 3.8) is 0 Å². The van der Waals surface area contributed by atoms with Crippen molar-refractivity contribution in [3.05, 3.63) is 16.9 Å². The second-order valence-electron chi connectivity index (χ2n) is 5.25. The topological polar surface area (TPSA) is 59.1 Å². The Bertz CT molecular complexity index is 386. The fourth-order valence-corrected chi connectivity index (χ4v) is 2.17. The number of likely N-dealkylation sites (N-methyl/N-ethyl adjacent to an activating group) is 1. The standard InChI is InChI=1S/C12H24ClN5/c1-6-7-18-10(9(13)8-15-18)11(16-14)12(2,3)17(4)5/h8,11,16H,6-7,14H2,1-5H3. The summed E-state index contributed by atoms with van der Waals surface area (Å²) < 4.78 is 1.93. The lowest BCUT2D eigenvalue weighted by atomic mass is 9.91. The highest BCUT2D eigenvalue weighted by molar-refractivity contribution is 6.31. The van der Waals surface area contributed by atoms with Crippen LogP contribution in [0.4, 0.5) is 0 Å². The van der Waals surface area contributed by atoms with Gasteiger partial charge in [-0.25, -0.2) is 5.43 Å². The van der Waals surface area contributed by atoms with E-state index in [1.165, 1.54) is 0 Å². The molecule has 0 spiro atoms. The summed E-state index contributed by atoms with van der Waals surface area (Å²) in [6.07, 6.45) is 2.69. The van der Waals surface area contributed by atoms with Gasteiger partial charge in [-0.2, -0.15) is 5.10 Å². The minimum atomic E-state index is -0.177. The van der Waals surface area contributed by atoms with Crippen molar-refractivity contribution in [1.29, 1.82) is 0 Å². The van der Waals surface area contributed by atoms with Crippen molar-refractivity contribution in [2.75, 3.05) is 14.1 Å². The summed E-state index contributed by atoms with van der Waals surface area (Å²) in [5, 5.41) is 4.97. The van der Waals surface area contributed by atoms with Crippen LogP contribution in [0.25, 0.3) is 0 Å². The van der Waals surface area contributed by atoms with E-state index >= 15 is 0 Å². The number of aryl methyl sites for hydroxylation is 1. The summed E-state index contributed by atoms with van der Waals surface area (Å²) in [5.74, 6) is 5.75. The van der Waals surface area contributed by atoms with Crippen LogP contribution in [0.15, 0.2) is 6.20 Å². The second kappa shape index (κ2) is 6.02. The van der Waals surface area contributed by atoms with Gasteiger partial charge in [-0.05, 0) is 34.4 Å². The predicted molar refractivity (Wildman–Crippen MR) is 75.4 cm³/mol. The normalized spacial score (nSPS) is 14.2. The highest BCUT2D eigenvalue weighted by Crippen LogP contribution is 2.33. The number of nitrogens with one attached hydrogen (secondary N) is 1. The van der Waals surface area contributed by atoms with Crippen molar-refractivity contribution in [2.45, 2.75) is 45.3 Å². The van der Waals surface area contributed by atoms with Gasteiger partial charge in [0.1, 0.15) is 0 Å². The van der Waals surface area contributed by atoms with E-state index in [2.05, 4.69) is 36.2 Å². The average Bonchev–Trinajstić information content (AvgIpc) is 2.63. The van der Waals surface area contributed by atoms with E-state index in [-0.39, 0.29) is 11.6 Å². The van der Waals surface area contributed by atoms with Gasteiger partial charge >= 0.3 is 0 Å². The predicted octanol–water partition coefficient (Wildman–Crippen LogP) is 1.79. The fourth-order valence-electron chi connectivity index (χ4n) is 1.92. The molecule has 1 unspecified atom stereocenters. The molecule has 3 N–H and O–H groups in total. The molecule has 0 aliphatic carbocycles. The maximum absolute atomic E-state index is 6.27. The van der Waals surface area contributed by atoms with Crippen molar-refractivity contribution >= 4 is 11.6 Å². The van der Waals surface area contributed by atoms with Crippen LogP contribution in [-0.2, 0) is 6.54 Å². The second-order valence-corrected chi connectivity index (χ2v) is 5.66. The number of hydrogen-bond acceptors (Lipinski definition) is 4. The molecule has 0 amide bonds. The molecule has 0 fully saturated rings. The van der Waals surface area contributed by atoms with Crippen molar-refractivity contribution in [2.24, 2.45) is 5.84 Å². The van der Waals surface area contributed by atoms with Crippen LogP contribution in [0.5, 0.6) is 0 Å². The van der Waals surface area contributed by atoms with Gasteiger partial charge in [0.05, 0.1) is 23.0 Å². The molecule has 5 nitrogen and oxygen atoms in total. The van der Waals surface area contributed by atoms with E-state index in [4.69, 9.17) is 17.4 Å². The van der Waals surface area contributed by atoms with E-state index in [0.29, 0.717) is 5.02 Å². The zero-order valence-corrected chi connectivity index (χ0v) is 12.6. The highest BCUT2D eigenvalue weighted by atomic mass is 35.5. The fraction of sp³-hybridized carbons (Fsp3) is 0.750. The lowest BCUT2D eigenvalue weighted by Gasteiger charge is -2.40. The third-order valence-electron chi connectivity index (χ3n) is 3.57. The minimum Gasteiger partial charge on any atom is -0.302 e. The molecule has 0 radical (unpaired) electrons. The number of aromatic nitrogens is 2. The number of halogens is 1. The molecular formula is C12H24ClN5. The summed E-state index contributed by atoms with van der Waals surface area (Å²) in [7, 11) is 4.05. The number of rotatable bonds is 6. The van der Waals surface area contributed by atoms with Crippen LogP contribution >= 0.6 is 11.6 Å². The maximum Gasteiger partial charge on any atom is 0.0835 e. The van der Waals surface area contributed by atoms with Crippen molar-refractivity contribution in [3.8, 4) is 0 Å². The van der Waals surface area contributed by atoms with Gasteiger partial charge in [-0.1, -0.05) is 18.5 Å². The van der Waals surface area contributed by atoms with Gasteiger partial charge in [0.25, 0.3) is 0 Å². The molecule has 104 valence electrons. The maximum atomic E-state index is 6.27. The Labute approximate surface area is 114 Å². The summed E-state index contributed by atoms with van der Waals surface area (Å²) in [6, 6.07) is -0.0888. The quantitative estimate of drug-likeness (QED) is 0.613. The lowest BCUT2D eigenvalue weighted by Crippen LogP contribution is -2.52. The minimum absolute atomic E-state index is 0.0888. The average molecular weight is 274 g/mol. The Balaban J connectivity index is 3.20. The van der Waals surface area contributed by atoms with Crippen LogP contribution < -0.4 is 11.3 Å². The van der Waals surface area contributed by atoms with Crippen LogP contribution in [-0.4, -0.2) is 34.3 Å². The molecule has 0 aliphatic rings. The molecule has 0 saturated heterocycles. The molecule has 1 heterocycles. The third-order valence-corrected chi connectivity index (χ3v) is 3.86. The molecule has 1 atom stereocenters. The summed E-state index contributed by atoms with van der Waals surface area (Å²) in [6.45, 7) is 7.19. The Kier molecular flexibility index (Phi) is 5.16. The number of hydrazine groups is 1. The molecule has 0 bridgehead atoms. The molecule has 1 aromatic heterocycles. The molecule has 0 aromatic carbocycles. The monoisotopic (exact) mass is 273 g/mol. The van der Waals surface area contributed by atoms with Gasteiger partial charge in [0, 0.05) is 12.1 Å². The van der Waals surface area contributed by atoms with E-state index in [1.807, 2.05) is 18.8 Å². The number of nitrogens with two attached hydrogens (primary N) is 1. The van der Waals surface area contributed by atoms with Crippen LogP contribution in [0.3, 0.4) is 0 Å².